The monoisotopic (exact) mass is 215 g/mol. The van der Waals surface area contributed by atoms with Crippen LogP contribution in [0.3, 0.4) is 0 Å². The molecule has 0 unspecified atom stereocenters. The highest BCUT2D eigenvalue weighted by Gasteiger charge is 2.23. The van der Waals surface area contributed by atoms with Crippen LogP contribution in [-0.4, -0.2) is 0 Å². The van der Waals surface area contributed by atoms with E-state index in [1.807, 2.05) is 19.9 Å². The Balaban J connectivity index is 3.21. The first-order valence-corrected chi connectivity index (χ1v) is 5.86. The molecule has 0 aliphatic carbocycles. The Morgan fingerprint density at radius 1 is 1.12 bits per heavy atom. The van der Waals surface area contributed by atoms with E-state index < -0.39 is 5.41 Å². The molecule has 0 amide bonds. The molecule has 86 valence electrons. The fraction of sp³-hybridized carbons (Fsp3) is 0.533. The topological polar surface area (TPSA) is 23.8 Å². The highest BCUT2D eigenvalue weighted by Crippen LogP contribution is 2.30. The standard InChI is InChI=1S/C15H21N/c1-6-14(2,3)12-8-7-9-13(10-12)15(4,5)11-16/h7-10H,6H2,1-5H3. The Morgan fingerprint density at radius 2 is 1.69 bits per heavy atom. The van der Waals surface area contributed by atoms with Crippen molar-refractivity contribution in [2.45, 2.75) is 51.9 Å². The van der Waals surface area contributed by atoms with Gasteiger partial charge in [-0.25, -0.2) is 0 Å². The maximum Gasteiger partial charge on any atom is 0.0766 e. The summed E-state index contributed by atoms with van der Waals surface area (Å²) in [4.78, 5) is 0. The summed E-state index contributed by atoms with van der Waals surface area (Å²) in [5.74, 6) is 0. The molecule has 1 heteroatoms. The minimum Gasteiger partial charge on any atom is -0.197 e. The summed E-state index contributed by atoms with van der Waals surface area (Å²) in [5, 5.41) is 9.15. The molecule has 0 spiro atoms. The van der Waals surface area contributed by atoms with Gasteiger partial charge in [-0.15, -0.1) is 0 Å². The van der Waals surface area contributed by atoms with Crippen molar-refractivity contribution in [2.24, 2.45) is 0 Å². The molecule has 0 aromatic heterocycles. The highest BCUT2D eigenvalue weighted by molar-refractivity contribution is 5.36. The number of hydrogen-bond acceptors (Lipinski definition) is 1. The SMILES string of the molecule is CCC(C)(C)c1cccc(C(C)(C)C#N)c1. The van der Waals surface area contributed by atoms with Gasteiger partial charge in [-0.3, -0.25) is 0 Å². The Hall–Kier alpha value is -1.29. The summed E-state index contributed by atoms with van der Waals surface area (Å²) >= 11 is 0. The van der Waals surface area contributed by atoms with Crippen LogP contribution in [0, 0.1) is 11.3 Å². The van der Waals surface area contributed by atoms with E-state index in [2.05, 4.69) is 45.0 Å². The van der Waals surface area contributed by atoms with Crippen molar-refractivity contribution >= 4 is 0 Å². The summed E-state index contributed by atoms with van der Waals surface area (Å²) in [6.07, 6.45) is 1.10. The largest absolute Gasteiger partial charge is 0.197 e. The third-order valence-electron chi connectivity index (χ3n) is 3.53. The molecule has 0 aliphatic rings. The minimum atomic E-state index is -0.403. The molecule has 0 aliphatic heterocycles. The summed E-state index contributed by atoms with van der Waals surface area (Å²) in [7, 11) is 0. The quantitative estimate of drug-likeness (QED) is 0.742. The Bertz CT molecular complexity index is 408. The second-order valence-electron chi connectivity index (χ2n) is 5.56. The van der Waals surface area contributed by atoms with E-state index in [1.54, 1.807) is 0 Å². The molecule has 1 aromatic carbocycles. The van der Waals surface area contributed by atoms with E-state index in [4.69, 9.17) is 5.26 Å². The van der Waals surface area contributed by atoms with Crippen LogP contribution in [0.15, 0.2) is 24.3 Å². The normalized spacial score (nSPS) is 12.2. The molecule has 0 atom stereocenters. The van der Waals surface area contributed by atoms with Crippen LogP contribution in [0.2, 0.25) is 0 Å². The lowest BCUT2D eigenvalue weighted by atomic mass is 9.78. The van der Waals surface area contributed by atoms with Gasteiger partial charge in [0.1, 0.15) is 0 Å². The van der Waals surface area contributed by atoms with Gasteiger partial charge >= 0.3 is 0 Å². The number of nitrogens with zero attached hydrogens (tertiary/aromatic N) is 1. The van der Waals surface area contributed by atoms with Crippen LogP contribution in [0.4, 0.5) is 0 Å². The van der Waals surface area contributed by atoms with Crippen molar-refractivity contribution < 1.29 is 0 Å². The first-order valence-electron chi connectivity index (χ1n) is 5.86. The van der Waals surface area contributed by atoms with Crippen LogP contribution in [-0.2, 0) is 10.8 Å². The molecular formula is C15H21N. The maximum atomic E-state index is 9.15. The summed E-state index contributed by atoms with van der Waals surface area (Å²) in [6.45, 7) is 10.6. The van der Waals surface area contributed by atoms with E-state index >= 15 is 0 Å². The lowest BCUT2D eigenvalue weighted by Gasteiger charge is -2.25. The first-order chi connectivity index (χ1) is 7.33. The number of benzene rings is 1. The maximum absolute atomic E-state index is 9.15. The van der Waals surface area contributed by atoms with Gasteiger partial charge < -0.3 is 0 Å². The number of rotatable bonds is 3. The van der Waals surface area contributed by atoms with Crippen molar-refractivity contribution in [2.75, 3.05) is 0 Å². The first kappa shape index (κ1) is 12.8. The summed E-state index contributed by atoms with van der Waals surface area (Å²) in [5.41, 5.74) is 2.20. The molecule has 0 heterocycles. The molecule has 1 aromatic rings. The van der Waals surface area contributed by atoms with Crippen LogP contribution in [0.25, 0.3) is 0 Å². The molecule has 0 saturated carbocycles. The second-order valence-corrected chi connectivity index (χ2v) is 5.56. The third-order valence-corrected chi connectivity index (χ3v) is 3.53. The predicted molar refractivity (Wildman–Crippen MR) is 68.4 cm³/mol. The lowest BCUT2D eigenvalue weighted by molar-refractivity contribution is 0.504. The average Bonchev–Trinajstić information content (AvgIpc) is 2.29. The van der Waals surface area contributed by atoms with Gasteiger partial charge in [0.25, 0.3) is 0 Å². The molecule has 0 radical (unpaired) electrons. The zero-order chi connectivity index (χ0) is 12.4. The molecule has 1 rings (SSSR count). The zero-order valence-corrected chi connectivity index (χ0v) is 11.0. The highest BCUT2D eigenvalue weighted by atomic mass is 14.3. The molecule has 0 fully saturated rings. The third kappa shape index (κ3) is 2.44. The summed E-state index contributed by atoms with van der Waals surface area (Å²) in [6, 6.07) is 10.8. The fourth-order valence-electron chi connectivity index (χ4n) is 1.60. The minimum absolute atomic E-state index is 0.182. The van der Waals surface area contributed by atoms with Gasteiger partial charge in [-0.05, 0) is 36.8 Å². The van der Waals surface area contributed by atoms with E-state index in [-0.39, 0.29) is 5.41 Å². The van der Waals surface area contributed by atoms with Crippen molar-refractivity contribution in [3.63, 3.8) is 0 Å². The van der Waals surface area contributed by atoms with Crippen molar-refractivity contribution in [3.05, 3.63) is 35.4 Å². The number of hydrogen-bond donors (Lipinski definition) is 0. The fourth-order valence-corrected chi connectivity index (χ4v) is 1.60. The van der Waals surface area contributed by atoms with Gasteiger partial charge in [-0.1, -0.05) is 45.0 Å². The second kappa shape index (κ2) is 4.29. The van der Waals surface area contributed by atoms with Crippen LogP contribution < -0.4 is 0 Å². The van der Waals surface area contributed by atoms with Gasteiger partial charge in [-0.2, -0.15) is 5.26 Å². The zero-order valence-electron chi connectivity index (χ0n) is 11.0. The molecule has 0 N–H and O–H groups in total. The smallest absolute Gasteiger partial charge is 0.0766 e. The van der Waals surface area contributed by atoms with E-state index in [1.165, 1.54) is 5.56 Å². The van der Waals surface area contributed by atoms with Crippen LogP contribution >= 0.6 is 0 Å². The van der Waals surface area contributed by atoms with Gasteiger partial charge in [0.05, 0.1) is 11.5 Å². The average molecular weight is 215 g/mol. The van der Waals surface area contributed by atoms with Crippen LogP contribution in [0.1, 0.15) is 52.2 Å². The van der Waals surface area contributed by atoms with E-state index in [0.717, 1.165) is 12.0 Å². The van der Waals surface area contributed by atoms with Crippen molar-refractivity contribution in [1.29, 1.82) is 5.26 Å². The van der Waals surface area contributed by atoms with Crippen molar-refractivity contribution in [1.82, 2.24) is 0 Å². The van der Waals surface area contributed by atoms with Gasteiger partial charge in [0, 0.05) is 0 Å². The van der Waals surface area contributed by atoms with Crippen LogP contribution in [0.5, 0.6) is 0 Å². The molecule has 0 saturated heterocycles. The molecule has 0 bridgehead atoms. The van der Waals surface area contributed by atoms with Gasteiger partial charge in [0.15, 0.2) is 0 Å². The van der Waals surface area contributed by atoms with E-state index in [9.17, 15) is 0 Å². The Labute approximate surface area is 99.1 Å². The predicted octanol–water partition coefficient (Wildman–Crippen LogP) is 4.18. The van der Waals surface area contributed by atoms with Gasteiger partial charge in [0.2, 0.25) is 0 Å². The molecular weight excluding hydrogens is 194 g/mol. The Morgan fingerprint density at radius 3 is 2.19 bits per heavy atom. The lowest BCUT2D eigenvalue weighted by Crippen LogP contribution is -2.19. The van der Waals surface area contributed by atoms with E-state index in [0.29, 0.717) is 0 Å². The number of nitriles is 1. The molecule has 1 nitrogen and oxygen atoms in total. The Kier molecular flexibility index (Phi) is 3.43. The van der Waals surface area contributed by atoms with Crippen molar-refractivity contribution in [3.8, 4) is 6.07 Å². The summed E-state index contributed by atoms with van der Waals surface area (Å²) < 4.78 is 0. The molecule has 16 heavy (non-hydrogen) atoms.